The summed E-state index contributed by atoms with van der Waals surface area (Å²) in [7, 11) is 0. The Morgan fingerprint density at radius 2 is 2.07 bits per heavy atom. The number of amides is 1. The molecule has 1 amide bonds. The number of ether oxygens (including phenoxy) is 1. The zero-order chi connectivity index (χ0) is 11.2. The monoisotopic (exact) mass is 201 g/mol. The van der Waals surface area contributed by atoms with E-state index in [4.69, 9.17) is 9.57 Å². The third-order valence-corrected chi connectivity index (χ3v) is 1.23. The molecular formula is C10H19NO3. The minimum Gasteiger partial charge on any atom is -0.442 e. The first kappa shape index (κ1) is 13.0. The topological polar surface area (TPSA) is 38.8 Å². The molecule has 0 aromatic rings. The van der Waals surface area contributed by atoms with Crippen LogP contribution < -0.4 is 0 Å². The van der Waals surface area contributed by atoms with E-state index in [0.29, 0.717) is 13.2 Å². The van der Waals surface area contributed by atoms with Gasteiger partial charge in [-0.2, -0.15) is 5.06 Å². The Balaban J connectivity index is 4.10. The van der Waals surface area contributed by atoms with Crippen molar-refractivity contribution in [1.82, 2.24) is 5.06 Å². The summed E-state index contributed by atoms with van der Waals surface area (Å²) in [4.78, 5) is 16.5. The van der Waals surface area contributed by atoms with Gasteiger partial charge < -0.3 is 4.74 Å². The zero-order valence-electron chi connectivity index (χ0n) is 9.37. The number of rotatable bonds is 4. The predicted octanol–water partition coefficient (Wildman–Crippen LogP) is 2.36. The van der Waals surface area contributed by atoms with Gasteiger partial charge in [0.05, 0.1) is 6.61 Å². The molecule has 4 heteroatoms. The number of hydroxylamine groups is 2. The van der Waals surface area contributed by atoms with Gasteiger partial charge in [-0.15, -0.1) is 6.58 Å². The number of carbonyl (C=O) groups is 1. The molecule has 14 heavy (non-hydrogen) atoms. The van der Waals surface area contributed by atoms with E-state index in [1.165, 1.54) is 5.06 Å². The predicted molar refractivity (Wildman–Crippen MR) is 54.8 cm³/mol. The largest absolute Gasteiger partial charge is 0.442 e. The van der Waals surface area contributed by atoms with Gasteiger partial charge in [0.1, 0.15) is 5.60 Å². The molecule has 0 N–H and O–H groups in total. The van der Waals surface area contributed by atoms with Crippen LogP contribution in [0.25, 0.3) is 0 Å². The van der Waals surface area contributed by atoms with Crippen molar-refractivity contribution < 1.29 is 14.4 Å². The lowest BCUT2D eigenvalue weighted by atomic mass is 10.2. The number of nitrogens with zero attached hydrogens (tertiary/aromatic N) is 1. The summed E-state index contributed by atoms with van der Waals surface area (Å²) < 4.78 is 5.12. The maximum Gasteiger partial charge on any atom is 0.434 e. The second-order valence-corrected chi connectivity index (χ2v) is 3.76. The highest BCUT2D eigenvalue weighted by Crippen LogP contribution is 2.09. The van der Waals surface area contributed by atoms with Gasteiger partial charge in [-0.25, -0.2) is 4.79 Å². The lowest BCUT2D eigenvalue weighted by molar-refractivity contribution is -0.134. The van der Waals surface area contributed by atoms with Crippen molar-refractivity contribution in [3.63, 3.8) is 0 Å². The van der Waals surface area contributed by atoms with E-state index in [2.05, 4.69) is 6.58 Å². The zero-order valence-corrected chi connectivity index (χ0v) is 9.37. The third-order valence-electron chi connectivity index (χ3n) is 1.23. The number of hydrogen-bond donors (Lipinski definition) is 0. The van der Waals surface area contributed by atoms with Gasteiger partial charge in [-0.05, 0) is 27.7 Å². The van der Waals surface area contributed by atoms with Crippen molar-refractivity contribution >= 4 is 6.09 Å². The van der Waals surface area contributed by atoms with Gasteiger partial charge in [0.2, 0.25) is 0 Å². The molecule has 0 saturated heterocycles. The molecule has 0 bridgehead atoms. The molecule has 0 spiro atoms. The fourth-order valence-electron chi connectivity index (χ4n) is 0.729. The average molecular weight is 201 g/mol. The molecule has 0 radical (unpaired) electrons. The second kappa shape index (κ2) is 5.65. The average Bonchev–Trinajstić information content (AvgIpc) is 2.02. The van der Waals surface area contributed by atoms with Crippen molar-refractivity contribution in [3.8, 4) is 0 Å². The Labute approximate surface area is 85.4 Å². The first-order chi connectivity index (χ1) is 6.40. The van der Waals surface area contributed by atoms with Gasteiger partial charge in [-0.1, -0.05) is 6.08 Å². The molecule has 0 aliphatic heterocycles. The SMILES string of the molecule is C=CCON(CC)C(=O)OC(C)(C)C. The van der Waals surface area contributed by atoms with Crippen molar-refractivity contribution in [3.05, 3.63) is 12.7 Å². The minimum absolute atomic E-state index is 0.299. The van der Waals surface area contributed by atoms with Gasteiger partial charge in [0, 0.05) is 6.54 Å². The molecule has 0 fully saturated rings. The maximum atomic E-state index is 11.4. The number of hydrogen-bond acceptors (Lipinski definition) is 3. The summed E-state index contributed by atoms with van der Waals surface area (Å²) in [6, 6.07) is 0. The summed E-state index contributed by atoms with van der Waals surface area (Å²) in [5.41, 5.74) is -0.498. The van der Waals surface area contributed by atoms with Gasteiger partial charge in [-0.3, -0.25) is 4.84 Å². The highest BCUT2D eigenvalue weighted by atomic mass is 16.7. The Hall–Kier alpha value is -1.03. The fourth-order valence-corrected chi connectivity index (χ4v) is 0.729. The van der Waals surface area contributed by atoms with Crippen molar-refractivity contribution in [1.29, 1.82) is 0 Å². The summed E-state index contributed by atoms with van der Waals surface area (Å²) in [5.74, 6) is 0. The van der Waals surface area contributed by atoms with Crippen molar-refractivity contribution in [2.24, 2.45) is 0 Å². The molecular weight excluding hydrogens is 182 g/mol. The van der Waals surface area contributed by atoms with Crippen LogP contribution in [0.3, 0.4) is 0 Å². The van der Waals surface area contributed by atoms with Gasteiger partial charge >= 0.3 is 6.09 Å². The molecule has 0 aromatic carbocycles. The summed E-state index contributed by atoms with van der Waals surface area (Å²) in [5, 5.41) is 1.17. The molecule has 0 unspecified atom stereocenters. The van der Waals surface area contributed by atoms with E-state index in [1.807, 2.05) is 27.7 Å². The van der Waals surface area contributed by atoms with E-state index < -0.39 is 11.7 Å². The van der Waals surface area contributed by atoms with Crippen molar-refractivity contribution in [2.45, 2.75) is 33.3 Å². The van der Waals surface area contributed by atoms with Gasteiger partial charge in [0.25, 0.3) is 0 Å². The van der Waals surface area contributed by atoms with Crippen LogP contribution in [-0.4, -0.2) is 29.9 Å². The highest BCUT2D eigenvalue weighted by molar-refractivity contribution is 5.66. The first-order valence-electron chi connectivity index (χ1n) is 4.65. The molecule has 0 aromatic heterocycles. The Morgan fingerprint density at radius 3 is 2.43 bits per heavy atom. The third kappa shape index (κ3) is 5.59. The summed E-state index contributed by atoms with van der Waals surface area (Å²) >= 11 is 0. The lowest BCUT2D eigenvalue weighted by Crippen LogP contribution is -2.36. The molecule has 0 atom stereocenters. The lowest BCUT2D eigenvalue weighted by Gasteiger charge is -2.25. The van der Waals surface area contributed by atoms with Gasteiger partial charge in [0.15, 0.2) is 0 Å². The molecule has 0 rings (SSSR count). The number of carbonyl (C=O) groups excluding carboxylic acids is 1. The molecule has 82 valence electrons. The Morgan fingerprint density at radius 1 is 1.50 bits per heavy atom. The Kier molecular flexibility index (Phi) is 5.23. The van der Waals surface area contributed by atoms with E-state index >= 15 is 0 Å². The fraction of sp³-hybridized carbons (Fsp3) is 0.700. The van der Waals surface area contributed by atoms with Crippen LogP contribution in [0, 0.1) is 0 Å². The smallest absolute Gasteiger partial charge is 0.434 e. The van der Waals surface area contributed by atoms with Crippen LogP contribution in [0.2, 0.25) is 0 Å². The first-order valence-corrected chi connectivity index (χ1v) is 4.65. The van der Waals surface area contributed by atoms with E-state index in [0.717, 1.165) is 0 Å². The van der Waals surface area contributed by atoms with Crippen LogP contribution in [0.5, 0.6) is 0 Å². The highest BCUT2D eigenvalue weighted by Gasteiger charge is 2.21. The van der Waals surface area contributed by atoms with Crippen LogP contribution in [-0.2, 0) is 9.57 Å². The standard InChI is InChI=1S/C10H19NO3/c1-6-8-13-11(7-2)9(12)14-10(3,4)5/h6H,1,7-8H2,2-5H3. The van der Waals surface area contributed by atoms with E-state index in [-0.39, 0.29) is 0 Å². The molecule has 0 aliphatic rings. The molecule has 0 heterocycles. The van der Waals surface area contributed by atoms with Crippen LogP contribution >= 0.6 is 0 Å². The molecule has 4 nitrogen and oxygen atoms in total. The second-order valence-electron chi connectivity index (χ2n) is 3.76. The van der Waals surface area contributed by atoms with Crippen LogP contribution in [0.1, 0.15) is 27.7 Å². The normalized spacial score (nSPS) is 10.9. The quantitative estimate of drug-likeness (QED) is 0.517. The minimum atomic E-state index is -0.498. The van der Waals surface area contributed by atoms with Crippen LogP contribution in [0.15, 0.2) is 12.7 Å². The Bertz CT molecular complexity index is 196. The molecule has 0 aliphatic carbocycles. The molecule has 0 saturated carbocycles. The van der Waals surface area contributed by atoms with E-state index in [9.17, 15) is 4.79 Å². The van der Waals surface area contributed by atoms with Crippen LogP contribution in [0.4, 0.5) is 4.79 Å². The summed E-state index contributed by atoms with van der Waals surface area (Å²) in [6.45, 7) is 11.5. The maximum absolute atomic E-state index is 11.4. The van der Waals surface area contributed by atoms with E-state index in [1.54, 1.807) is 6.08 Å². The van der Waals surface area contributed by atoms with Crippen molar-refractivity contribution in [2.75, 3.05) is 13.2 Å². The summed E-state index contributed by atoms with van der Waals surface area (Å²) in [6.07, 6.45) is 1.11.